The van der Waals surface area contributed by atoms with E-state index >= 15 is 0 Å². The number of methoxy groups -OCH3 is 2. The Morgan fingerprint density at radius 1 is 1.15 bits per heavy atom. The third-order valence-electron chi connectivity index (χ3n) is 2.53. The van der Waals surface area contributed by atoms with Crippen LogP contribution in [-0.4, -0.2) is 55.0 Å². The Hall–Kier alpha value is -2.44. The predicted molar refractivity (Wildman–Crippen MR) is 68.8 cm³/mol. The van der Waals surface area contributed by atoms with Crippen LogP contribution in [-0.2, 0) is 19.1 Å². The van der Waals surface area contributed by atoms with Crippen molar-refractivity contribution in [3.05, 3.63) is 30.1 Å². The Balaban J connectivity index is 2.78. The third-order valence-corrected chi connectivity index (χ3v) is 2.53. The van der Waals surface area contributed by atoms with Crippen LogP contribution in [0.1, 0.15) is 16.9 Å². The molecule has 7 heteroatoms. The lowest BCUT2D eigenvalue weighted by Crippen LogP contribution is -2.38. The van der Waals surface area contributed by atoms with E-state index in [0.29, 0.717) is 0 Å². The normalized spacial score (nSPS) is 9.70. The molecule has 1 aromatic rings. The second kappa shape index (κ2) is 7.88. The third kappa shape index (κ3) is 4.68. The molecule has 1 rings (SSSR count). The van der Waals surface area contributed by atoms with Crippen molar-refractivity contribution in [1.29, 1.82) is 0 Å². The van der Waals surface area contributed by atoms with Crippen molar-refractivity contribution in [3.63, 3.8) is 0 Å². The minimum absolute atomic E-state index is 0.00787. The van der Waals surface area contributed by atoms with E-state index in [1.54, 1.807) is 12.1 Å². The SMILES string of the molecule is COC(=O)CCN(CC(=O)OC)C(=O)c1ccccn1. The van der Waals surface area contributed by atoms with Crippen LogP contribution in [0.5, 0.6) is 0 Å². The minimum Gasteiger partial charge on any atom is -0.469 e. The first-order valence-corrected chi connectivity index (χ1v) is 5.92. The Kier molecular flexibility index (Phi) is 6.15. The molecule has 0 unspecified atom stereocenters. The fraction of sp³-hybridized carbons (Fsp3) is 0.385. The van der Waals surface area contributed by atoms with Crippen LogP contribution >= 0.6 is 0 Å². The molecule has 0 fully saturated rings. The lowest BCUT2D eigenvalue weighted by molar-refractivity contribution is -0.143. The average Bonchev–Trinajstić information content (AvgIpc) is 2.50. The van der Waals surface area contributed by atoms with Gasteiger partial charge in [0.05, 0.1) is 20.6 Å². The maximum atomic E-state index is 12.2. The van der Waals surface area contributed by atoms with Gasteiger partial charge in [-0.25, -0.2) is 0 Å². The number of aromatic nitrogens is 1. The van der Waals surface area contributed by atoms with E-state index in [4.69, 9.17) is 0 Å². The molecule has 1 aromatic heterocycles. The van der Waals surface area contributed by atoms with E-state index in [9.17, 15) is 14.4 Å². The van der Waals surface area contributed by atoms with Crippen LogP contribution in [0.2, 0.25) is 0 Å². The van der Waals surface area contributed by atoms with Gasteiger partial charge in [0.15, 0.2) is 0 Å². The summed E-state index contributed by atoms with van der Waals surface area (Å²) in [5.41, 5.74) is 0.196. The van der Waals surface area contributed by atoms with Crippen molar-refractivity contribution in [1.82, 2.24) is 9.88 Å². The van der Waals surface area contributed by atoms with Crippen LogP contribution in [0.3, 0.4) is 0 Å². The van der Waals surface area contributed by atoms with E-state index in [-0.39, 0.29) is 25.2 Å². The lowest BCUT2D eigenvalue weighted by Gasteiger charge is -2.20. The number of amides is 1. The molecular formula is C13H16N2O5. The van der Waals surface area contributed by atoms with Gasteiger partial charge in [0, 0.05) is 12.7 Å². The first-order chi connectivity index (χ1) is 9.58. The fourth-order valence-electron chi connectivity index (χ4n) is 1.45. The summed E-state index contributed by atoms with van der Waals surface area (Å²) in [6.07, 6.45) is 1.47. The molecule has 1 heterocycles. The van der Waals surface area contributed by atoms with Gasteiger partial charge in [-0.1, -0.05) is 6.07 Å². The van der Waals surface area contributed by atoms with Gasteiger partial charge in [0.2, 0.25) is 0 Å². The first kappa shape index (κ1) is 15.6. The van der Waals surface area contributed by atoms with E-state index in [1.807, 2.05) is 0 Å². The molecule has 20 heavy (non-hydrogen) atoms. The van der Waals surface area contributed by atoms with Crippen LogP contribution < -0.4 is 0 Å². The van der Waals surface area contributed by atoms with E-state index < -0.39 is 17.8 Å². The zero-order chi connectivity index (χ0) is 15.0. The maximum Gasteiger partial charge on any atom is 0.325 e. The van der Waals surface area contributed by atoms with Crippen molar-refractivity contribution in [2.45, 2.75) is 6.42 Å². The molecule has 0 aromatic carbocycles. The number of rotatable bonds is 6. The number of pyridine rings is 1. The van der Waals surface area contributed by atoms with Crippen molar-refractivity contribution in [2.75, 3.05) is 27.3 Å². The first-order valence-electron chi connectivity index (χ1n) is 5.92. The van der Waals surface area contributed by atoms with Gasteiger partial charge >= 0.3 is 11.9 Å². The van der Waals surface area contributed by atoms with Crippen molar-refractivity contribution >= 4 is 17.8 Å². The molecule has 0 aliphatic carbocycles. The highest BCUT2D eigenvalue weighted by molar-refractivity contribution is 5.94. The quantitative estimate of drug-likeness (QED) is 0.695. The number of carbonyl (C=O) groups excluding carboxylic acids is 3. The second-order valence-electron chi connectivity index (χ2n) is 3.84. The summed E-state index contributed by atoms with van der Waals surface area (Å²) in [5, 5.41) is 0. The second-order valence-corrected chi connectivity index (χ2v) is 3.84. The monoisotopic (exact) mass is 280 g/mol. The molecule has 0 aliphatic heterocycles. The Morgan fingerprint density at radius 2 is 1.85 bits per heavy atom. The Morgan fingerprint density at radius 3 is 2.40 bits per heavy atom. The van der Waals surface area contributed by atoms with Crippen molar-refractivity contribution in [2.24, 2.45) is 0 Å². The summed E-state index contributed by atoms with van der Waals surface area (Å²) in [6.45, 7) is -0.194. The zero-order valence-electron chi connectivity index (χ0n) is 11.4. The Labute approximate surface area is 116 Å². The lowest BCUT2D eigenvalue weighted by atomic mass is 10.3. The Bertz CT molecular complexity index is 475. The number of hydrogen-bond acceptors (Lipinski definition) is 6. The van der Waals surface area contributed by atoms with Gasteiger partial charge in [-0.3, -0.25) is 19.4 Å². The van der Waals surface area contributed by atoms with Gasteiger partial charge in [0.1, 0.15) is 12.2 Å². The highest BCUT2D eigenvalue weighted by atomic mass is 16.5. The molecule has 0 spiro atoms. The predicted octanol–water partition coefficient (Wildman–Crippen LogP) is 0.260. The molecule has 0 bridgehead atoms. The molecule has 0 saturated heterocycles. The van der Waals surface area contributed by atoms with Gasteiger partial charge in [-0.15, -0.1) is 0 Å². The highest BCUT2D eigenvalue weighted by Crippen LogP contribution is 2.03. The molecule has 0 N–H and O–H groups in total. The molecule has 0 radical (unpaired) electrons. The van der Waals surface area contributed by atoms with E-state index in [2.05, 4.69) is 14.5 Å². The van der Waals surface area contributed by atoms with Crippen LogP contribution in [0.15, 0.2) is 24.4 Å². The van der Waals surface area contributed by atoms with Crippen molar-refractivity contribution < 1.29 is 23.9 Å². The fourth-order valence-corrected chi connectivity index (χ4v) is 1.45. The topological polar surface area (TPSA) is 85.8 Å². The summed E-state index contributed by atoms with van der Waals surface area (Å²) in [5.74, 6) is -1.48. The number of ether oxygens (including phenoxy) is 2. The summed E-state index contributed by atoms with van der Waals surface area (Å²) in [6, 6.07) is 4.87. The maximum absolute atomic E-state index is 12.2. The number of nitrogens with zero attached hydrogens (tertiary/aromatic N) is 2. The number of esters is 2. The van der Waals surface area contributed by atoms with Crippen LogP contribution in [0, 0.1) is 0 Å². The summed E-state index contributed by atoms with van der Waals surface area (Å²) in [7, 11) is 2.49. The summed E-state index contributed by atoms with van der Waals surface area (Å²) < 4.78 is 9.04. The standard InChI is InChI=1S/C13H16N2O5/c1-19-11(16)6-8-15(9-12(17)20-2)13(18)10-5-3-4-7-14-10/h3-5,7H,6,8-9H2,1-2H3. The molecule has 108 valence electrons. The zero-order valence-corrected chi connectivity index (χ0v) is 11.4. The summed E-state index contributed by atoms with van der Waals surface area (Å²) >= 11 is 0. The molecule has 0 atom stereocenters. The van der Waals surface area contributed by atoms with Crippen molar-refractivity contribution in [3.8, 4) is 0 Å². The van der Waals surface area contributed by atoms with E-state index in [1.165, 1.54) is 31.4 Å². The van der Waals surface area contributed by atoms with Gasteiger partial charge in [0.25, 0.3) is 5.91 Å². The van der Waals surface area contributed by atoms with Gasteiger partial charge in [-0.05, 0) is 12.1 Å². The number of carbonyl (C=O) groups is 3. The molecule has 7 nitrogen and oxygen atoms in total. The number of hydrogen-bond donors (Lipinski definition) is 0. The summed E-state index contributed by atoms with van der Waals surface area (Å²) in [4.78, 5) is 39.8. The molecular weight excluding hydrogens is 264 g/mol. The molecule has 1 amide bonds. The highest BCUT2D eigenvalue weighted by Gasteiger charge is 2.21. The molecule has 0 aliphatic rings. The average molecular weight is 280 g/mol. The van der Waals surface area contributed by atoms with Crippen LogP contribution in [0.25, 0.3) is 0 Å². The smallest absolute Gasteiger partial charge is 0.325 e. The van der Waals surface area contributed by atoms with Gasteiger partial charge < -0.3 is 14.4 Å². The van der Waals surface area contributed by atoms with E-state index in [0.717, 1.165) is 0 Å². The largest absolute Gasteiger partial charge is 0.469 e. The van der Waals surface area contributed by atoms with Crippen LogP contribution in [0.4, 0.5) is 0 Å². The minimum atomic E-state index is -0.570. The van der Waals surface area contributed by atoms with Gasteiger partial charge in [-0.2, -0.15) is 0 Å². The molecule has 0 saturated carbocycles.